The van der Waals surface area contributed by atoms with Crippen molar-refractivity contribution in [1.82, 2.24) is 29.5 Å². The van der Waals surface area contributed by atoms with E-state index in [9.17, 15) is 4.79 Å². The van der Waals surface area contributed by atoms with Crippen molar-refractivity contribution in [2.24, 2.45) is 0 Å². The Kier molecular flexibility index (Phi) is 5.27. The first-order valence-corrected chi connectivity index (χ1v) is 10.5. The number of aryl methyl sites for hydroxylation is 1. The number of aromatic nitrogens is 6. The third-order valence-electron chi connectivity index (χ3n) is 5.05. The SMILES string of the molecule is CCOc1ccc(C(=O)Nc2cc(C)nn2-c2ncnc3c2cnn3-c2ccccc2)cc1. The molecule has 3 heterocycles. The van der Waals surface area contributed by atoms with Crippen LogP contribution in [-0.2, 0) is 0 Å². The second-order valence-corrected chi connectivity index (χ2v) is 7.32. The number of carbonyl (C=O) groups excluding carboxylic acids is 1. The third-order valence-corrected chi connectivity index (χ3v) is 5.05. The molecule has 5 rings (SSSR count). The van der Waals surface area contributed by atoms with Gasteiger partial charge >= 0.3 is 0 Å². The van der Waals surface area contributed by atoms with Crippen LogP contribution in [0.5, 0.6) is 5.75 Å². The highest BCUT2D eigenvalue weighted by atomic mass is 16.5. The number of amides is 1. The summed E-state index contributed by atoms with van der Waals surface area (Å²) in [5.41, 5.74) is 2.77. The number of para-hydroxylation sites is 1. The first kappa shape index (κ1) is 20.4. The van der Waals surface area contributed by atoms with E-state index in [-0.39, 0.29) is 5.91 Å². The number of ether oxygens (including phenoxy) is 1. The largest absolute Gasteiger partial charge is 0.494 e. The van der Waals surface area contributed by atoms with Crippen LogP contribution in [0.1, 0.15) is 23.0 Å². The minimum Gasteiger partial charge on any atom is -0.494 e. The second-order valence-electron chi connectivity index (χ2n) is 7.32. The molecule has 2 aromatic carbocycles. The molecule has 3 aromatic heterocycles. The van der Waals surface area contributed by atoms with E-state index in [4.69, 9.17) is 4.74 Å². The smallest absolute Gasteiger partial charge is 0.256 e. The first-order valence-electron chi connectivity index (χ1n) is 10.5. The van der Waals surface area contributed by atoms with Crippen LogP contribution in [-0.4, -0.2) is 42.0 Å². The summed E-state index contributed by atoms with van der Waals surface area (Å²) in [6.45, 7) is 4.34. The number of nitrogens with zero attached hydrogens (tertiary/aromatic N) is 6. The molecule has 1 amide bonds. The fourth-order valence-corrected chi connectivity index (χ4v) is 3.57. The third kappa shape index (κ3) is 3.91. The Bertz CT molecular complexity index is 1420. The Hall–Kier alpha value is -4.53. The average Bonchev–Trinajstić information content (AvgIpc) is 3.43. The maximum absolute atomic E-state index is 12.9. The molecule has 0 atom stereocenters. The molecule has 1 N–H and O–H groups in total. The van der Waals surface area contributed by atoms with Gasteiger partial charge in [-0.05, 0) is 50.2 Å². The Morgan fingerprint density at radius 2 is 1.82 bits per heavy atom. The van der Waals surface area contributed by atoms with Gasteiger partial charge < -0.3 is 10.1 Å². The molecule has 9 nitrogen and oxygen atoms in total. The van der Waals surface area contributed by atoms with Crippen LogP contribution in [0, 0.1) is 6.92 Å². The van der Waals surface area contributed by atoms with Crippen LogP contribution >= 0.6 is 0 Å². The highest BCUT2D eigenvalue weighted by Crippen LogP contribution is 2.24. The summed E-state index contributed by atoms with van der Waals surface area (Å²) < 4.78 is 8.79. The minimum absolute atomic E-state index is 0.260. The Morgan fingerprint density at radius 3 is 2.58 bits per heavy atom. The van der Waals surface area contributed by atoms with Gasteiger partial charge in [0.25, 0.3) is 5.91 Å². The molecule has 0 spiro atoms. The molecular formula is C24H21N7O2. The molecular weight excluding hydrogens is 418 g/mol. The van der Waals surface area contributed by atoms with E-state index in [2.05, 4.69) is 25.5 Å². The van der Waals surface area contributed by atoms with Gasteiger partial charge in [-0.3, -0.25) is 4.79 Å². The molecule has 0 saturated heterocycles. The Morgan fingerprint density at radius 1 is 1.03 bits per heavy atom. The topological polar surface area (TPSA) is 99.8 Å². The number of carbonyl (C=O) groups is 1. The highest BCUT2D eigenvalue weighted by molar-refractivity contribution is 6.04. The summed E-state index contributed by atoms with van der Waals surface area (Å²) in [6.07, 6.45) is 3.17. The van der Waals surface area contributed by atoms with Gasteiger partial charge in [-0.15, -0.1) is 0 Å². The van der Waals surface area contributed by atoms with E-state index in [1.165, 1.54) is 6.33 Å². The molecule has 0 bridgehead atoms. The Balaban J connectivity index is 1.50. The fourth-order valence-electron chi connectivity index (χ4n) is 3.57. The molecule has 164 valence electrons. The summed E-state index contributed by atoms with van der Waals surface area (Å²) in [4.78, 5) is 21.7. The predicted octanol–water partition coefficient (Wildman–Crippen LogP) is 3.96. The molecule has 33 heavy (non-hydrogen) atoms. The average molecular weight is 439 g/mol. The molecule has 9 heteroatoms. The van der Waals surface area contributed by atoms with Crippen molar-refractivity contribution in [2.45, 2.75) is 13.8 Å². The molecule has 0 saturated carbocycles. The molecule has 0 aliphatic heterocycles. The molecule has 0 aliphatic rings. The van der Waals surface area contributed by atoms with Gasteiger partial charge in [0.2, 0.25) is 0 Å². The lowest BCUT2D eigenvalue weighted by molar-refractivity contribution is 0.102. The molecule has 0 unspecified atom stereocenters. The summed E-state index contributed by atoms with van der Waals surface area (Å²) >= 11 is 0. The van der Waals surface area contributed by atoms with Crippen LogP contribution < -0.4 is 10.1 Å². The number of benzene rings is 2. The van der Waals surface area contributed by atoms with E-state index in [1.54, 1.807) is 45.9 Å². The number of hydrogen-bond donors (Lipinski definition) is 1. The van der Waals surface area contributed by atoms with Crippen LogP contribution in [0.3, 0.4) is 0 Å². The van der Waals surface area contributed by atoms with Crippen LogP contribution in [0.2, 0.25) is 0 Å². The van der Waals surface area contributed by atoms with E-state index in [1.807, 2.05) is 44.2 Å². The van der Waals surface area contributed by atoms with Crippen molar-refractivity contribution in [1.29, 1.82) is 0 Å². The van der Waals surface area contributed by atoms with E-state index in [0.717, 1.165) is 11.4 Å². The lowest BCUT2D eigenvalue weighted by Crippen LogP contribution is -2.15. The first-order chi connectivity index (χ1) is 16.1. The normalized spacial score (nSPS) is 11.0. The zero-order valence-electron chi connectivity index (χ0n) is 18.1. The zero-order chi connectivity index (χ0) is 22.8. The summed E-state index contributed by atoms with van der Waals surface area (Å²) in [6, 6.07) is 18.5. The van der Waals surface area contributed by atoms with E-state index < -0.39 is 0 Å². The van der Waals surface area contributed by atoms with E-state index >= 15 is 0 Å². The molecule has 0 fully saturated rings. The van der Waals surface area contributed by atoms with Crippen molar-refractivity contribution in [3.63, 3.8) is 0 Å². The fraction of sp³-hybridized carbons (Fsp3) is 0.125. The standard InChI is InChI=1S/C24H21N7O2/c1-3-33-19-11-9-17(10-12-19)24(32)28-21-13-16(2)29-31(21)23-20-14-27-30(22(20)25-15-26-23)18-7-5-4-6-8-18/h4-15H,3H2,1-2H3,(H,28,32). The van der Waals surface area contributed by atoms with Gasteiger partial charge in [-0.25, -0.2) is 14.6 Å². The van der Waals surface area contributed by atoms with Gasteiger partial charge in [-0.1, -0.05) is 18.2 Å². The lowest BCUT2D eigenvalue weighted by atomic mass is 10.2. The van der Waals surface area contributed by atoms with Gasteiger partial charge in [0.05, 0.1) is 29.6 Å². The van der Waals surface area contributed by atoms with Crippen molar-refractivity contribution < 1.29 is 9.53 Å². The maximum atomic E-state index is 12.9. The van der Waals surface area contributed by atoms with Crippen molar-refractivity contribution in [3.8, 4) is 17.3 Å². The molecule has 0 aliphatic carbocycles. The van der Waals surface area contributed by atoms with Crippen molar-refractivity contribution in [2.75, 3.05) is 11.9 Å². The van der Waals surface area contributed by atoms with E-state index in [0.29, 0.717) is 40.6 Å². The van der Waals surface area contributed by atoms with Crippen LogP contribution in [0.4, 0.5) is 5.82 Å². The maximum Gasteiger partial charge on any atom is 0.256 e. The molecule has 5 aromatic rings. The van der Waals surface area contributed by atoms with Gasteiger partial charge in [-0.2, -0.15) is 14.9 Å². The predicted molar refractivity (Wildman–Crippen MR) is 124 cm³/mol. The van der Waals surface area contributed by atoms with Gasteiger partial charge in [0.1, 0.15) is 17.9 Å². The summed E-state index contributed by atoms with van der Waals surface area (Å²) in [5.74, 6) is 1.48. The monoisotopic (exact) mass is 439 g/mol. The zero-order valence-corrected chi connectivity index (χ0v) is 18.1. The number of hydrogen-bond acceptors (Lipinski definition) is 6. The number of fused-ring (bicyclic) bond motifs is 1. The minimum atomic E-state index is -0.260. The Labute approximate surface area is 189 Å². The summed E-state index contributed by atoms with van der Waals surface area (Å²) in [7, 11) is 0. The van der Waals surface area contributed by atoms with Gasteiger partial charge in [0.15, 0.2) is 11.5 Å². The van der Waals surface area contributed by atoms with Gasteiger partial charge in [0, 0.05) is 11.6 Å². The van der Waals surface area contributed by atoms with Crippen molar-refractivity contribution in [3.05, 3.63) is 84.4 Å². The van der Waals surface area contributed by atoms with Crippen LogP contribution in [0.25, 0.3) is 22.5 Å². The number of rotatable bonds is 6. The van der Waals surface area contributed by atoms with Crippen molar-refractivity contribution >= 4 is 22.8 Å². The highest BCUT2D eigenvalue weighted by Gasteiger charge is 2.18. The lowest BCUT2D eigenvalue weighted by Gasteiger charge is -2.10. The van der Waals surface area contributed by atoms with Crippen LogP contribution in [0.15, 0.2) is 73.2 Å². The molecule has 0 radical (unpaired) electrons. The summed E-state index contributed by atoms with van der Waals surface area (Å²) in [5, 5.41) is 12.7. The number of anilines is 1. The quantitative estimate of drug-likeness (QED) is 0.430. The number of nitrogens with one attached hydrogen (secondary N) is 1. The second kappa shape index (κ2) is 8.54.